The lowest BCUT2D eigenvalue weighted by Crippen LogP contribution is -2.44. The summed E-state index contributed by atoms with van der Waals surface area (Å²) in [6.07, 6.45) is 1.38. The smallest absolute Gasteiger partial charge is 0.264 e. The summed E-state index contributed by atoms with van der Waals surface area (Å²) < 4.78 is 47.0. The Bertz CT molecular complexity index is 1260. The van der Waals surface area contributed by atoms with Gasteiger partial charge in [-0.2, -0.15) is 0 Å². The number of nitrogens with zero attached hydrogens (tertiary/aromatic N) is 1. The standard InChI is InChI=1S/C27H29FN2O4S/c1-2-30(24-8-4-3-5-9-24)35(32,33)25-10-6-7-21(19-25)26(31)29-20-27(15-17-34-18-16-27)22-11-13-23(28)14-12-22/h3-14,19H,2,15-18,20H2,1H3,(H,29,31). The largest absolute Gasteiger partial charge is 0.381 e. The number of benzene rings is 3. The lowest BCUT2D eigenvalue weighted by molar-refractivity contribution is 0.0487. The van der Waals surface area contributed by atoms with E-state index >= 15 is 0 Å². The summed E-state index contributed by atoms with van der Waals surface area (Å²) in [4.78, 5) is 13.1. The van der Waals surface area contributed by atoms with Crippen molar-refractivity contribution in [3.63, 3.8) is 0 Å². The number of hydrogen-bond donors (Lipinski definition) is 1. The first-order chi connectivity index (χ1) is 16.9. The normalized spacial score (nSPS) is 15.4. The molecule has 1 saturated heterocycles. The molecule has 1 amide bonds. The van der Waals surface area contributed by atoms with Crippen LogP contribution in [-0.4, -0.2) is 40.6 Å². The molecular formula is C27H29FN2O4S. The van der Waals surface area contributed by atoms with Gasteiger partial charge in [0.15, 0.2) is 0 Å². The SMILES string of the molecule is CCN(c1ccccc1)S(=O)(=O)c1cccc(C(=O)NCC2(c3ccc(F)cc3)CCOCC2)c1. The van der Waals surface area contributed by atoms with E-state index in [0.717, 1.165) is 5.56 Å². The van der Waals surface area contributed by atoms with Gasteiger partial charge in [0.1, 0.15) is 5.82 Å². The highest BCUT2D eigenvalue weighted by molar-refractivity contribution is 7.92. The van der Waals surface area contributed by atoms with Gasteiger partial charge in [-0.15, -0.1) is 0 Å². The Balaban J connectivity index is 1.55. The van der Waals surface area contributed by atoms with E-state index in [1.165, 1.54) is 28.6 Å². The predicted octanol–water partition coefficient (Wildman–Crippen LogP) is 4.52. The van der Waals surface area contributed by atoms with Crippen LogP contribution in [0.25, 0.3) is 0 Å². The van der Waals surface area contributed by atoms with Crippen molar-refractivity contribution < 1.29 is 22.3 Å². The maximum atomic E-state index is 13.5. The third-order valence-electron chi connectivity index (χ3n) is 6.51. The van der Waals surface area contributed by atoms with Crippen molar-refractivity contribution in [2.45, 2.75) is 30.1 Å². The third kappa shape index (κ3) is 5.39. The van der Waals surface area contributed by atoms with Gasteiger partial charge >= 0.3 is 0 Å². The van der Waals surface area contributed by atoms with E-state index < -0.39 is 10.0 Å². The molecule has 1 N–H and O–H groups in total. The highest BCUT2D eigenvalue weighted by atomic mass is 32.2. The van der Waals surface area contributed by atoms with Gasteiger partial charge in [-0.3, -0.25) is 9.10 Å². The van der Waals surface area contributed by atoms with Gasteiger partial charge in [0.2, 0.25) is 0 Å². The number of sulfonamides is 1. The Labute approximate surface area is 205 Å². The first-order valence-electron chi connectivity index (χ1n) is 11.7. The summed E-state index contributed by atoms with van der Waals surface area (Å²) in [7, 11) is -3.85. The van der Waals surface area contributed by atoms with Crippen molar-refractivity contribution in [2.24, 2.45) is 0 Å². The van der Waals surface area contributed by atoms with Crippen LogP contribution in [0.5, 0.6) is 0 Å². The van der Waals surface area contributed by atoms with E-state index in [1.807, 2.05) is 6.07 Å². The molecule has 1 aliphatic rings. The average Bonchev–Trinajstić information content (AvgIpc) is 2.89. The van der Waals surface area contributed by atoms with Crippen molar-refractivity contribution in [3.05, 3.63) is 95.8 Å². The number of nitrogens with one attached hydrogen (secondary N) is 1. The molecule has 0 aromatic heterocycles. The maximum absolute atomic E-state index is 13.5. The van der Waals surface area contributed by atoms with E-state index in [9.17, 15) is 17.6 Å². The second-order valence-electron chi connectivity index (χ2n) is 8.62. The molecule has 1 aliphatic heterocycles. The van der Waals surface area contributed by atoms with Crippen LogP contribution in [0.15, 0.2) is 83.8 Å². The molecule has 0 radical (unpaired) electrons. The monoisotopic (exact) mass is 496 g/mol. The number of anilines is 1. The van der Waals surface area contributed by atoms with Crippen LogP contribution in [0.4, 0.5) is 10.1 Å². The Morgan fingerprint density at radius 2 is 1.69 bits per heavy atom. The summed E-state index contributed by atoms with van der Waals surface area (Å²) in [5.41, 5.74) is 1.39. The zero-order chi connectivity index (χ0) is 24.9. The molecule has 0 spiro atoms. The van der Waals surface area contributed by atoms with Gasteiger partial charge in [0.25, 0.3) is 15.9 Å². The second kappa shape index (κ2) is 10.6. The first kappa shape index (κ1) is 24.9. The fourth-order valence-electron chi connectivity index (χ4n) is 4.50. The zero-order valence-electron chi connectivity index (χ0n) is 19.6. The summed E-state index contributed by atoms with van der Waals surface area (Å²) in [6.45, 7) is 3.46. The molecule has 0 unspecified atom stereocenters. The number of hydrogen-bond acceptors (Lipinski definition) is 4. The molecule has 0 atom stereocenters. The molecule has 0 bridgehead atoms. The van der Waals surface area contributed by atoms with Crippen LogP contribution in [0.3, 0.4) is 0 Å². The molecule has 0 aliphatic carbocycles. The van der Waals surface area contributed by atoms with Gasteiger partial charge < -0.3 is 10.1 Å². The van der Waals surface area contributed by atoms with Crippen molar-refractivity contribution in [3.8, 4) is 0 Å². The fraction of sp³-hybridized carbons (Fsp3) is 0.296. The Hall–Kier alpha value is -3.23. The lowest BCUT2D eigenvalue weighted by Gasteiger charge is -2.38. The molecule has 35 heavy (non-hydrogen) atoms. The van der Waals surface area contributed by atoms with Crippen LogP contribution in [0.1, 0.15) is 35.7 Å². The van der Waals surface area contributed by atoms with Crippen molar-refractivity contribution >= 4 is 21.6 Å². The molecule has 8 heteroatoms. The van der Waals surface area contributed by atoms with Gasteiger partial charge in [0.05, 0.1) is 10.6 Å². The molecule has 0 saturated carbocycles. The van der Waals surface area contributed by atoms with Gasteiger partial charge in [-0.1, -0.05) is 36.4 Å². The molecule has 4 rings (SSSR count). The van der Waals surface area contributed by atoms with Gasteiger partial charge in [-0.25, -0.2) is 12.8 Å². The van der Waals surface area contributed by atoms with E-state index in [-0.39, 0.29) is 34.1 Å². The van der Waals surface area contributed by atoms with Crippen molar-refractivity contribution in [1.29, 1.82) is 0 Å². The molecule has 3 aromatic carbocycles. The van der Waals surface area contributed by atoms with E-state index in [0.29, 0.717) is 38.3 Å². The van der Waals surface area contributed by atoms with Gasteiger partial charge in [-0.05, 0) is 67.8 Å². The second-order valence-corrected chi connectivity index (χ2v) is 10.5. The third-order valence-corrected chi connectivity index (χ3v) is 8.41. The average molecular weight is 497 g/mol. The topological polar surface area (TPSA) is 75.7 Å². The van der Waals surface area contributed by atoms with E-state index in [1.54, 1.807) is 55.5 Å². The quantitative estimate of drug-likeness (QED) is 0.498. The van der Waals surface area contributed by atoms with Crippen LogP contribution >= 0.6 is 0 Å². The van der Waals surface area contributed by atoms with Crippen molar-refractivity contribution in [1.82, 2.24) is 5.32 Å². The Morgan fingerprint density at radius 3 is 2.34 bits per heavy atom. The lowest BCUT2D eigenvalue weighted by atomic mass is 9.74. The maximum Gasteiger partial charge on any atom is 0.264 e. The van der Waals surface area contributed by atoms with E-state index in [4.69, 9.17) is 4.74 Å². The Morgan fingerprint density at radius 1 is 1.00 bits per heavy atom. The highest BCUT2D eigenvalue weighted by Crippen LogP contribution is 2.34. The van der Waals surface area contributed by atoms with Crippen LogP contribution in [0.2, 0.25) is 0 Å². The fourth-order valence-corrected chi connectivity index (χ4v) is 6.02. The summed E-state index contributed by atoms with van der Waals surface area (Å²) in [5, 5.41) is 2.98. The number of rotatable bonds is 8. The zero-order valence-corrected chi connectivity index (χ0v) is 20.4. The number of amides is 1. The minimum absolute atomic E-state index is 0.0511. The molecule has 6 nitrogen and oxygen atoms in total. The number of ether oxygens (including phenoxy) is 1. The predicted molar refractivity (Wildman–Crippen MR) is 134 cm³/mol. The summed E-state index contributed by atoms with van der Waals surface area (Å²) >= 11 is 0. The Kier molecular flexibility index (Phi) is 7.52. The summed E-state index contributed by atoms with van der Waals surface area (Å²) in [6, 6.07) is 21.3. The van der Waals surface area contributed by atoms with Crippen LogP contribution in [0, 0.1) is 5.82 Å². The molecule has 1 fully saturated rings. The molecule has 1 heterocycles. The van der Waals surface area contributed by atoms with Crippen molar-refractivity contribution in [2.75, 3.05) is 30.6 Å². The number of halogens is 1. The highest BCUT2D eigenvalue weighted by Gasteiger charge is 2.35. The minimum atomic E-state index is -3.85. The minimum Gasteiger partial charge on any atom is -0.381 e. The number of carbonyl (C=O) groups excluding carboxylic acids is 1. The summed E-state index contributed by atoms with van der Waals surface area (Å²) in [5.74, 6) is -0.674. The van der Waals surface area contributed by atoms with E-state index in [2.05, 4.69) is 5.32 Å². The molecule has 184 valence electrons. The molecule has 3 aromatic rings. The first-order valence-corrected chi connectivity index (χ1v) is 13.1. The van der Waals surface area contributed by atoms with Crippen LogP contribution in [-0.2, 0) is 20.2 Å². The molecular weight excluding hydrogens is 467 g/mol. The van der Waals surface area contributed by atoms with Gasteiger partial charge in [0, 0.05) is 37.3 Å². The number of carbonyl (C=O) groups is 1. The van der Waals surface area contributed by atoms with Crippen LogP contribution < -0.4 is 9.62 Å². The number of para-hydroxylation sites is 1.